The van der Waals surface area contributed by atoms with E-state index in [9.17, 15) is 0 Å². The maximum Gasteiger partial charge on any atom is 0.0594 e. The molecular weight excluding hydrogens is 238 g/mol. The summed E-state index contributed by atoms with van der Waals surface area (Å²) in [6.07, 6.45) is 5.61. The Kier molecular flexibility index (Phi) is 4.91. The molecule has 1 saturated heterocycles. The van der Waals surface area contributed by atoms with Crippen molar-refractivity contribution in [1.29, 1.82) is 0 Å². The highest BCUT2D eigenvalue weighted by Gasteiger charge is 2.36. The van der Waals surface area contributed by atoms with Gasteiger partial charge in [0.1, 0.15) is 0 Å². The van der Waals surface area contributed by atoms with Crippen molar-refractivity contribution in [3.05, 3.63) is 30.1 Å². The van der Waals surface area contributed by atoms with Gasteiger partial charge in [0, 0.05) is 37.1 Å². The Morgan fingerprint density at radius 1 is 1.37 bits per heavy atom. The van der Waals surface area contributed by atoms with E-state index in [4.69, 9.17) is 10.5 Å². The highest BCUT2D eigenvalue weighted by atomic mass is 16.5. The van der Waals surface area contributed by atoms with Crippen molar-refractivity contribution in [2.24, 2.45) is 5.73 Å². The zero-order valence-electron chi connectivity index (χ0n) is 12.0. The molecule has 1 aromatic heterocycles. The van der Waals surface area contributed by atoms with E-state index in [1.165, 1.54) is 5.56 Å². The van der Waals surface area contributed by atoms with Crippen molar-refractivity contribution in [1.82, 2.24) is 9.88 Å². The maximum atomic E-state index is 6.52. The second-order valence-corrected chi connectivity index (χ2v) is 5.48. The highest BCUT2D eigenvalue weighted by molar-refractivity contribution is 5.13. The third-order valence-corrected chi connectivity index (χ3v) is 4.45. The molecule has 1 aliphatic heterocycles. The van der Waals surface area contributed by atoms with Gasteiger partial charge in [0.15, 0.2) is 0 Å². The van der Waals surface area contributed by atoms with Crippen LogP contribution >= 0.6 is 0 Å². The summed E-state index contributed by atoms with van der Waals surface area (Å²) >= 11 is 0. The largest absolute Gasteiger partial charge is 0.379 e. The molecule has 2 unspecified atom stereocenters. The average Bonchev–Trinajstić information content (AvgIpc) is 2.48. The summed E-state index contributed by atoms with van der Waals surface area (Å²) in [6.45, 7) is 8.10. The first-order valence-corrected chi connectivity index (χ1v) is 7.14. The van der Waals surface area contributed by atoms with E-state index in [0.717, 1.165) is 39.1 Å². The van der Waals surface area contributed by atoms with Crippen LogP contribution in [0.4, 0.5) is 0 Å². The topological polar surface area (TPSA) is 51.4 Å². The maximum absolute atomic E-state index is 6.52. The molecule has 0 aliphatic carbocycles. The fourth-order valence-electron chi connectivity index (χ4n) is 2.79. The summed E-state index contributed by atoms with van der Waals surface area (Å²) in [5, 5.41) is 0. The zero-order chi connectivity index (χ0) is 13.7. The van der Waals surface area contributed by atoms with Crippen molar-refractivity contribution in [2.45, 2.75) is 38.3 Å². The Morgan fingerprint density at radius 3 is 2.58 bits per heavy atom. The van der Waals surface area contributed by atoms with Crippen molar-refractivity contribution in [3.8, 4) is 0 Å². The quantitative estimate of drug-likeness (QED) is 0.873. The van der Waals surface area contributed by atoms with Gasteiger partial charge in [-0.2, -0.15) is 0 Å². The van der Waals surface area contributed by atoms with Crippen molar-refractivity contribution >= 4 is 0 Å². The number of rotatable bonds is 5. The van der Waals surface area contributed by atoms with Gasteiger partial charge in [-0.05, 0) is 37.5 Å². The smallest absolute Gasteiger partial charge is 0.0594 e. The third kappa shape index (κ3) is 3.32. The van der Waals surface area contributed by atoms with E-state index in [2.05, 4.69) is 35.9 Å². The Morgan fingerprint density at radius 2 is 2.00 bits per heavy atom. The fourth-order valence-corrected chi connectivity index (χ4v) is 2.79. The summed E-state index contributed by atoms with van der Waals surface area (Å²) in [5.74, 6) is 0. The zero-order valence-corrected chi connectivity index (χ0v) is 12.0. The van der Waals surface area contributed by atoms with E-state index < -0.39 is 0 Å². The number of aromatic nitrogens is 1. The molecule has 4 nitrogen and oxygen atoms in total. The minimum Gasteiger partial charge on any atom is -0.379 e. The summed E-state index contributed by atoms with van der Waals surface area (Å²) in [6, 6.07) is 4.22. The highest BCUT2D eigenvalue weighted by Crippen LogP contribution is 2.25. The minimum absolute atomic E-state index is 0.0348. The molecular formula is C15H25N3O. The molecule has 2 heterocycles. The minimum atomic E-state index is 0.0348. The molecule has 0 spiro atoms. The van der Waals surface area contributed by atoms with Gasteiger partial charge in [0.25, 0.3) is 0 Å². The van der Waals surface area contributed by atoms with Crippen LogP contribution in [0.1, 0.15) is 25.8 Å². The van der Waals surface area contributed by atoms with Crippen LogP contribution in [0.5, 0.6) is 0 Å². The second-order valence-electron chi connectivity index (χ2n) is 5.48. The van der Waals surface area contributed by atoms with Gasteiger partial charge in [-0.1, -0.05) is 6.92 Å². The lowest BCUT2D eigenvalue weighted by molar-refractivity contribution is -0.0272. The first-order chi connectivity index (χ1) is 9.16. The monoisotopic (exact) mass is 263 g/mol. The molecule has 0 aromatic carbocycles. The number of pyridine rings is 1. The SMILES string of the molecule is CCC(C)(C(N)Cc1ccncc1)N1CCOCC1. The summed E-state index contributed by atoms with van der Waals surface area (Å²) in [7, 11) is 0. The van der Waals surface area contributed by atoms with Gasteiger partial charge in [0.2, 0.25) is 0 Å². The molecule has 0 radical (unpaired) electrons. The number of morpholine rings is 1. The molecule has 1 fully saturated rings. The van der Waals surface area contributed by atoms with Gasteiger partial charge in [-0.25, -0.2) is 0 Å². The Hall–Kier alpha value is -0.970. The van der Waals surface area contributed by atoms with E-state index >= 15 is 0 Å². The number of nitrogens with zero attached hydrogens (tertiary/aromatic N) is 2. The van der Waals surface area contributed by atoms with E-state index in [-0.39, 0.29) is 11.6 Å². The first kappa shape index (κ1) is 14.4. The van der Waals surface area contributed by atoms with Gasteiger partial charge in [-0.15, -0.1) is 0 Å². The van der Waals surface area contributed by atoms with Crippen molar-refractivity contribution in [3.63, 3.8) is 0 Å². The predicted molar refractivity (Wildman–Crippen MR) is 77.0 cm³/mol. The lowest BCUT2D eigenvalue weighted by Gasteiger charge is -2.46. The average molecular weight is 263 g/mol. The molecule has 2 N–H and O–H groups in total. The fraction of sp³-hybridized carbons (Fsp3) is 0.667. The van der Waals surface area contributed by atoms with Crippen LogP contribution in [0.3, 0.4) is 0 Å². The Bertz CT molecular complexity index is 378. The van der Waals surface area contributed by atoms with E-state index in [0.29, 0.717) is 0 Å². The van der Waals surface area contributed by atoms with Crippen LogP contribution in [-0.2, 0) is 11.2 Å². The predicted octanol–water partition coefficient (Wildman–Crippen LogP) is 1.45. The van der Waals surface area contributed by atoms with Crippen LogP contribution in [0.25, 0.3) is 0 Å². The van der Waals surface area contributed by atoms with Crippen molar-refractivity contribution < 1.29 is 4.74 Å². The Labute approximate surface area is 116 Å². The van der Waals surface area contributed by atoms with Gasteiger partial charge in [0.05, 0.1) is 13.2 Å². The van der Waals surface area contributed by atoms with E-state index in [1.807, 2.05) is 12.4 Å². The number of hydrogen-bond acceptors (Lipinski definition) is 4. The van der Waals surface area contributed by atoms with Crippen LogP contribution in [0, 0.1) is 0 Å². The lowest BCUT2D eigenvalue weighted by Crippen LogP contribution is -2.61. The standard InChI is InChI=1S/C15H25N3O/c1-3-15(2,18-8-10-19-11-9-18)14(16)12-13-4-6-17-7-5-13/h4-7,14H,3,8-12,16H2,1-2H3. The summed E-state index contributed by atoms with van der Waals surface area (Å²) in [4.78, 5) is 6.55. The van der Waals surface area contributed by atoms with Crippen LogP contribution in [0.15, 0.2) is 24.5 Å². The van der Waals surface area contributed by atoms with Crippen LogP contribution in [0.2, 0.25) is 0 Å². The molecule has 1 aromatic rings. The Balaban J connectivity index is 2.06. The summed E-state index contributed by atoms with van der Waals surface area (Å²) < 4.78 is 5.45. The van der Waals surface area contributed by atoms with Gasteiger partial charge < -0.3 is 10.5 Å². The second kappa shape index (κ2) is 6.46. The van der Waals surface area contributed by atoms with Crippen LogP contribution < -0.4 is 5.73 Å². The molecule has 2 atom stereocenters. The molecule has 0 amide bonds. The number of hydrogen-bond donors (Lipinski definition) is 1. The molecule has 0 bridgehead atoms. The van der Waals surface area contributed by atoms with Crippen LogP contribution in [-0.4, -0.2) is 47.8 Å². The molecule has 4 heteroatoms. The third-order valence-electron chi connectivity index (χ3n) is 4.45. The normalized spacial score (nSPS) is 21.8. The molecule has 1 aliphatic rings. The first-order valence-electron chi connectivity index (χ1n) is 7.14. The number of nitrogens with two attached hydrogens (primary N) is 1. The molecule has 2 rings (SSSR count). The lowest BCUT2D eigenvalue weighted by atomic mass is 9.84. The molecule has 106 valence electrons. The van der Waals surface area contributed by atoms with Gasteiger partial charge >= 0.3 is 0 Å². The van der Waals surface area contributed by atoms with Gasteiger partial charge in [-0.3, -0.25) is 9.88 Å². The molecule has 19 heavy (non-hydrogen) atoms. The van der Waals surface area contributed by atoms with E-state index in [1.54, 1.807) is 0 Å². The van der Waals surface area contributed by atoms with Crippen molar-refractivity contribution in [2.75, 3.05) is 26.3 Å². The number of ether oxygens (including phenoxy) is 1. The molecule has 0 saturated carbocycles. The summed E-state index contributed by atoms with van der Waals surface area (Å²) in [5.41, 5.74) is 7.82.